The lowest BCUT2D eigenvalue weighted by Crippen LogP contribution is -2.27. The molecule has 6 heteroatoms. The molecule has 0 spiro atoms. The summed E-state index contributed by atoms with van der Waals surface area (Å²) in [5.41, 5.74) is 6.17. The molecule has 0 atom stereocenters. The van der Waals surface area contributed by atoms with Crippen LogP contribution in [0.15, 0.2) is 60.9 Å². The average Bonchev–Trinajstić information content (AvgIpc) is 2.98. The molecule has 1 aromatic heterocycles. The van der Waals surface area contributed by atoms with Crippen LogP contribution >= 0.6 is 23.8 Å². The fourth-order valence-electron chi connectivity index (χ4n) is 2.18. The second-order valence-corrected chi connectivity index (χ2v) is 5.85. The van der Waals surface area contributed by atoms with Gasteiger partial charge in [-0.3, -0.25) is 5.43 Å². The van der Waals surface area contributed by atoms with E-state index in [-0.39, 0.29) is 0 Å². The van der Waals surface area contributed by atoms with Crippen LogP contribution in [0.3, 0.4) is 0 Å². The van der Waals surface area contributed by atoms with Gasteiger partial charge in [-0.05, 0) is 55.0 Å². The van der Waals surface area contributed by atoms with Crippen molar-refractivity contribution < 1.29 is 0 Å². The van der Waals surface area contributed by atoms with Crippen molar-refractivity contribution in [3.63, 3.8) is 0 Å². The summed E-state index contributed by atoms with van der Waals surface area (Å²) in [4.78, 5) is 4.36. The smallest absolute Gasteiger partial charge is 0.190 e. The highest BCUT2D eigenvalue weighted by molar-refractivity contribution is 7.80. The maximum Gasteiger partial charge on any atom is 0.190 e. The second kappa shape index (κ2) is 6.81. The zero-order chi connectivity index (χ0) is 16.2. The van der Waals surface area contributed by atoms with Gasteiger partial charge in [0.2, 0.25) is 0 Å². The molecule has 0 radical (unpaired) electrons. The summed E-state index contributed by atoms with van der Waals surface area (Å²) in [6, 6.07) is 15.5. The Balaban J connectivity index is 1.76. The molecule has 4 nitrogen and oxygen atoms in total. The molecule has 0 aliphatic rings. The number of thiocarbonyl (C=S) groups is 1. The van der Waals surface area contributed by atoms with Gasteiger partial charge in [0, 0.05) is 28.7 Å². The first-order chi connectivity index (χ1) is 11.1. The zero-order valence-electron chi connectivity index (χ0n) is 12.5. The standard InChI is InChI=1S/C17H15ClN4S/c1-12-4-2-3-5-15(12)20-17(23)21-22-11-10-19-16(22)13-6-8-14(18)9-7-13/h2-11H,1H3,(H2,20,21,23). The number of halogens is 1. The fraction of sp³-hybridized carbons (Fsp3) is 0.0588. The van der Waals surface area contributed by atoms with E-state index in [1.54, 1.807) is 10.9 Å². The first-order valence-electron chi connectivity index (χ1n) is 7.06. The highest BCUT2D eigenvalue weighted by Gasteiger charge is 2.07. The summed E-state index contributed by atoms with van der Waals surface area (Å²) in [5.74, 6) is 0.760. The van der Waals surface area contributed by atoms with Gasteiger partial charge in [0.1, 0.15) is 0 Å². The van der Waals surface area contributed by atoms with Crippen molar-refractivity contribution in [2.75, 3.05) is 10.7 Å². The molecule has 23 heavy (non-hydrogen) atoms. The number of benzene rings is 2. The number of nitrogens with one attached hydrogen (secondary N) is 2. The molecule has 0 fully saturated rings. The molecule has 116 valence electrons. The Morgan fingerprint density at radius 3 is 2.61 bits per heavy atom. The summed E-state index contributed by atoms with van der Waals surface area (Å²) < 4.78 is 1.77. The van der Waals surface area contributed by atoms with Crippen LogP contribution in [-0.2, 0) is 0 Å². The Labute approximate surface area is 145 Å². The van der Waals surface area contributed by atoms with E-state index < -0.39 is 0 Å². The number of aromatic nitrogens is 2. The number of rotatable bonds is 3. The molecule has 0 saturated carbocycles. The minimum Gasteiger partial charge on any atom is -0.331 e. The van der Waals surface area contributed by atoms with Crippen molar-refractivity contribution in [1.29, 1.82) is 0 Å². The molecule has 0 amide bonds. The quantitative estimate of drug-likeness (QED) is 0.690. The van der Waals surface area contributed by atoms with E-state index in [0.717, 1.165) is 22.6 Å². The predicted octanol–water partition coefficient (Wildman–Crippen LogP) is 4.45. The summed E-state index contributed by atoms with van der Waals surface area (Å²) in [5, 5.41) is 4.37. The molecule has 0 unspecified atom stereocenters. The lowest BCUT2D eigenvalue weighted by Gasteiger charge is -2.14. The van der Waals surface area contributed by atoms with Crippen molar-refractivity contribution >= 4 is 34.6 Å². The highest BCUT2D eigenvalue weighted by atomic mass is 35.5. The van der Waals surface area contributed by atoms with Gasteiger partial charge in [-0.25, -0.2) is 9.66 Å². The van der Waals surface area contributed by atoms with E-state index >= 15 is 0 Å². The maximum atomic E-state index is 5.93. The van der Waals surface area contributed by atoms with Crippen LogP contribution in [-0.4, -0.2) is 14.8 Å². The van der Waals surface area contributed by atoms with E-state index in [1.807, 2.05) is 61.7 Å². The molecule has 3 rings (SSSR count). The largest absolute Gasteiger partial charge is 0.331 e. The van der Waals surface area contributed by atoms with E-state index in [2.05, 4.69) is 15.7 Å². The fourth-order valence-corrected chi connectivity index (χ4v) is 2.51. The van der Waals surface area contributed by atoms with Crippen LogP contribution in [0.2, 0.25) is 5.02 Å². The Hall–Kier alpha value is -2.37. The number of para-hydroxylation sites is 1. The van der Waals surface area contributed by atoms with E-state index in [1.165, 1.54) is 0 Å². The molecular weight excluding hydrogens is 328 g/mol. The summed E-state index contributed by atoms with van der Waals surface area (Å²) in [7, 11) is 0. The first-order valence-corrected chi connectivity index (χ1v) is 7.85. The Kier molecular flexibility index (Phi) is 4.60. The molecule has 0 saturated heterocycles. The van der Waals surface area contributed by atoms with Gasteiger partial charge in [0.25, 0.3) is 0 Å². The third kappa shape index (κ3) is 3.70. The van der Waals surface area contributed by atoms with Crippen LogP contribution in [0.25, 0.3) is 11.4 Å². The summed E-state index contributed by atoms with van der Waals surface area (Å²) >= 11 is 11.3. The molecule has 1 heterocycles. The number of imidazole rings is 1. The zero-order valence-corrected chi connectivity index (χ0v) is 14.0. The highest BCUT2D eigenvalue weighted by Crippen LogP contribution is 2.19. The average molecular weight is 343 g/mol. The Morgan fingerprint density at radius 2 is 1.87 bits per heavy atom. The summed E-state index contributed by atoms with van der Waals surface area (Å²) in [6.45, 7) is 2.03. The van der Waals surface area contributed by atoms with Gasteiger partial charge in [0.15, 0.2) is 10.9 Å². The molecule has 0 bridgehead atoms. The topological polar surface area (TPSA) is 41.9 Å². The molecule has 0 aliphatic heterocycles. The maximum absolute atomic E-state index is 5.93. The van der Waals surface area contributed by atoms with Gasteiger partial charge < -0.3 is 5.32 Å². The number of hydrogen-bond donors (Lipinski definition) is 2. The van der Waals surface area contributed by atoms with Gasteiger partial charge in [-0.15, -0.1) is 0 Å². The van der Waals surface area contributed by atoms with Gasteiger partial charge >= 0.3 is 0 Å². The Morgan fingerprint density at radius 1 is 1.13 bits per heavy atom. The van der Waals surface area contributed by atoms with Crippen molar-refractivity contribution in [3.8, 4) is 11.4 Å². The Bertz CT molecular complexity index is 827. The second-order valence-electron chi connectivity index (χ2n) is 5.01. The number of hydrogen-bond acceptors (Lipinski definition) is 2. The molecular formula is C17H15ClN4S. The monoisotopic (exact) mass is 342 g/mol. The minimum absolute atomic E-state index is 0.493. The molecule has 2 N–H and O–H groups in total. The third-order valence-electron chi connectivity index (χ3n) is 3.36. The molecule has 2 aromatic carbocycles. The molecule has 3 aromatic rings. The lowest BCUT2D eigenvalue weighted by atomic mass is 10.2. The van der Waals surface area contributed by atoms with Crippen LogP contribution < -0.4 is 10.7 Å². The number of anilines is 1. The first kappa shape index (κ1) is 15.5. The predicted molar refractivity (Wildman–Crippen MR) is 99.4 cm³/mol. The van der Waals surface area contributed by atoms with E-state index in [4.69, 9.17) is 23.8 Å². The van der Waals surface area contributed by atoms with E-state index in [9.17, 15) is 0 Å². The number of aryl methyl sites for hydroxylation is 1. The van der Waals surface area contributed by atoms with Gasteiger partial charge in [-0.1, -0.05) is 29.8 Å². The van der Waals surface area contributed by atoms with Crippen LogP contribution in [0, 0.1) is 6.92 Å². The number of nitrogens with zero attached hydrogens (tertiary/aromatic N) is 2. The van der Waals surface area contributed by atoms with Crippen LogP contribution in [0.4, 0.5) is 5.69 Å². The van der Waals surface area contributed by atoms with Gasteiger partial charge in [0.05, 0.1) is 0 Å². The normalized spacial score (nSPS) is 10.3. The third-order valence-corrected chi connectivity index (χ3v) is 3.80. The van der Waals surface area contributed by atoms with Crippen molar-refractivity contribution in [1.82, 2.24) is 9.66 Å². The van der Waals surface area contributed by atoms with Crippen molar-refractivity contribution in [2.45, 2.75) is 6.92 Å². The SMILES string of the molecule is Cc1ccccc1NC(=S)Nn1ccnc1-c1ccc(Cl)cc1. The summed E-state index contributed by atoms with van der Waals surface area (Å²) in [6.07, 6.45) is 3.53. The van der Waals surface area contributed by atoms with Crippen molar-refractivity contribution in [2.24, 2.45) is 0 Å². The molecule has 0 aliphatic carbocycles. The lowest BCUT2D eigenvalue weighted by molar-refractivity contribution is 0.988. The van der Waals surface area contributed by atoms with Crippen molar-refractivity contribution in [3.05, 3.63) is 71.5 Å². The van der Waals surface area contributed by atoms with Gasteiger partial charge in [-0.2, -0.15) is 0 Å². The van der Waals surface area contributed by atoms with Crippen LogP contribution in [0.5, 0.6) is 0 Å². The minimum atomic E-state index is 0.493. The van der Waals surface area contributed by atoms with E-state index in [0.29, 0.717) is 10.1 Å². The van der Waals surface area contributed by atoms with Crippen LogP contribution in [0.1, 0.15) is 5.56 Å².